The Kier molecular flexibility index (Phi) is 8.33. The maximum absolute atomic E-state index is 13.4. The van der Waals surface area contributed by atoms with Gasteiger partial charge in [-0.1, -0.05) is 42.5 Å². The number of morpholine rings is 1. The minimum absolute atomic E-state index is 0.112. The van der Waals surface area contributed by atoms with Gasteiger partial charge in [-0.2, -0.15) is 9.78 Å². The molecule has 0 bridgehead atoms. The average molecular weight is 591 g/mol. The number of carbonyl (C=O) groups is 1. The lowest BCUT2D eigenvalue weighted by molar-refractivity contribution is -0.137. The van der Waals surface area contributed by atoms with Crippen LogP contribution in [0.5, 0.6) is 11.5 Å². The Morgan fingerprint density at radius 3 is 2.54 bits per heavy atom. The Hall–Kier alpha value is -4.02. The number of halogens is 1. The zero-order valence-electron chi connectivity index (χ0n) is 21.4. The predicted molar refractivity (Wildman–Crippen MR) is 153 cm³/mol. The largest absolute Gasteiger partial charge is 0.490 e. The third kappa shape index (κ3) is 6.02. The molecule has 1 saturated heterocycles. The number of hydrogen-bond acceptors (Lipinski definition) is 7. The van der Waals surface area contributed by atoms with E-state index in [0.717, 1.165) is 5.56 Å². The van der Waals surface area contributed by atoms with Crippen LogP contribution < -0.4 is 15.0 Å². The molecule has 3 aromatic carbocycles. The number of para-hydroxylation sites is 1. The first-order chi connectivity index (χ1) is 19.0. The van der Waals surface area contributed by atoms with Gasteiger partial charge in [-0.05, 0) is 47.1 Å². The monoisotopic (exact) mass is 590 g/mol. The average Bonchev–Trinajstić information content (AvgIpc) is 2.98. The third-order valence-corrected chi connectivity index (χ3v) is 6.86. The highest BCUT2D eigenvalue weighted by Gasteiger charge is 2.19. The molecule has 5 rings (SSSR count). The Morgan fingerprint density at radius 2 is 1.77 bits per heavy atom. The maximum Gasteiger partial charge on any atom is 0.282 e. The van der Waals surface area contributed by atoms with Gasteiger partial charge in [0.2, 0.25) is 0 Å². The minimum Gasteiger partial charge on any atom is -0.490 e. The molecule has 1 aliphatic heterocycles. The molecule has 9 nitrogen and oxygen atoms in total. The van der Waals surface area contributed by atoms with Gasteiger partial charge in [-0.3, -0.25) is 9.59 Å². The molecule has 0 unspecified atom stereocenters. The fraction of sp³-hybridized carbons (Fsp3) is 0.241. The van der Waals surface area contributed by atoms with E-state index in [9.17, 15) is 9.59 Å². The highest BCUT2D eigenvalue weighted by atomic mass is 79.9. The smallest absolute Gasteiger partial charge is 0.282 e. The van der Waals surface area contributed by atoms with E-state index in [1.807, 2.05) is 49.4 Å². The first kappa shape index (κ1) is 26.6. The highest BCUT2D eigenvalue weighted by molar-refractivity contribution is 9.10. The summed E-state index contributed by atoms with van der Waals surface area (Å²) in [5.41, 5.74) is 1.74. The quantitative estimate of drug-likeness (QED) is 0.283. The molecule has 39 heavy (non-hydrogen) atoms. The molecule has 4 aromatic rings. The third-order valence-electron chi connectivity index (χ3n) is 6.18. The van der Waals surface area contributed by atoms with E-state index in [2.05, 4.69) is 21.0 Å². The van der Waals surface area contributed by atoms with Gasteiger partial charge in [-0.25, -0.2) is 4.98 Å². The summed E-state index contributed by atoms with van der Waals surface area (Å²) < 4.78 is 18.9. The number of ether oxygens (including phenoxy) is 3. The number of hydrogen-bond donors (Lipinski definition) is 0. The molecule has 1 aliphatic rings. The summed E-state index contributed by atoms with van der Waals surface area (Å²) in [6, 6.07) is 20.1. The first-order valence-electron chi connectivity index (χ1n) is 12.6. The van der Waals surface area contributed by atoms with Gasteiger partial charge < -0.3 is 19.1 Å². The molecule has 0 aliphatic carbocycles. The van der Waals surface area contributed by atoms with Gasteiger partial charge in [0.1, 0.15) is 0 Å². The van der Waals surface area contributed by atoms with Crippen molar-refractivity contribution in [1.82, 2.24) is 14.6 Å². The van der Waals surface area contributed by atoms with Crippen molar-refractivity contribution in [2.45, 2.75) is 6.92 Å². The van der Waals surface area contributed by atoms with Gasteiger partial charge in [-0.15, -0.1) is 0 Å². The SMILES string of the molecule is CCOc1cc(C=Nn2c(-c3ccccc3)nc3ccccc3c2=O)c(Br)cc1OCC(=O)N1CCOCC1. The van der Waals surface area contributed by atoms with Crippen molar-refractivity contribution in [1.29, 1.82) is 0 Å². The fourth-order valence-corrected chi connectivity index (χ4v) is 4.62. The van der Waals surface area contributed by atoms with E-state index in [4.69, 9.17) is 19.2 Å². The lowest BCUT2D eigenvalue weighted by Gasteiger charge is -2.26. The number of fused-ring (bicyclic) bond motifs is 1. The van der Waals surface area contributed by atoms with Crippen LogP contribution in [-0.2, 0) is 9.53 Å². The van der Waals surface area contributed by atoms with E-state index in [1.54, 1.807) is 35.4 Å². The number of carbonyl (C=O) groups excluding carboxylic acids is 1. The second kappa shape index (κ2) is 12.2. The van der Waals surface area contributed by atoms with Crippen molar-refractivity contribution in [3.8, 4) is 22.9 Å². The van der Waals surface area contributed by atoms with Gasteiger partial charge in [0.15, 0.2) is 23.9 Å². The van der Waals surface area contributed by atoms with Crippen LogP contribution in [0.4, 0.5) is 0 Å². The maximum atomic E-state index is 13.4. The predicted octanol–water partition coefficient (Wildman–Crippen LogP) is 4.34. The van der Waals surface area contributed by atoms with Crippen LogP contribution in [0.1, 0.15) is 12.5 Å². The van der Waals surface area contributed by atoms with E-state index in [0.29, 0.717) is 71.2 Å². The lowest BCUT2D eigenvalue weighted by atomic mass is 10.2. The molecule has 200 valence electrons. The number of rotatable bonds is 8. The van der Waals surface area contributed by atoms with Gasteiger partial charge >= 0.3 is 0 Å². The summed E-state index contributed by atoms with van der Waals surface area (Å²) in [6.45, 7) is 4.30. The second-order valence-corrected chi connectivity index (χ2v) is 9.57. The molecule has 1 fully saturated rings. The zero-order valence-corrected chi connectivity index (χ0v) is 23.0. The molecule has 0 saturated carbocycles. The van der Waals surface area contributed by atoms with Crippen molar-refractivity contribution in [2.75, 3.05) is 39.5 Å². The minimum atomic E-state index is -0.279. The number of aromatic nitrogens is 2. The first-order valence-corrected chi connectivity index (χ1v) is 13.4. The van der Waals surface area contributed by atoms with Crippen LogP contribution in [0, 0.1) is 0 Å². The van der Waals surface area contributed by atoms with E-state index in [1.165, 1.54) is 4.68 Å². The zero-order chi connectivity index (χ0) is 27.2. The van der Waals surface area contributed by atoms with E-state index in [-0.39, 0.29) is 18.1 Å². The molecule has 10 heteroatoms. The van der Waals surface area contributed by atoms with Crippen molar-refractivity contribution in [3.05, 3.63) is 87.1 Å². The Bertz CT molecular complexity index is 1570. The number of amides is 1. The summed E-state index contributed by atoms with van der Waals surface area (Å²) in [5.74, 6) is 1.21. The number of benzene rings is 3. The van der Waals surface area contributed by atoms with Crippen LogP contribution in [0.15, 0.2) is 81.1 Å². The van der Waals surface area contributed by atoms with Crippen molar-refractivity contribution in [2.24, 2.45) is 5.10 Å². The second-order valence-electron chi connectivity index (χ2n) is 8.72. The lowest BCUT2D eigenvalue weighted by Crippen LogP contribution is -2.43. The summed E-state index contributed by atoms with van der Waals surface area (Å²) >= 11 is 3.57. The molecule has 0 spiro atoms. The normalized spacial score (nSPS) is 13.6. The Balaban J connectivity index is 1.47. The Labute approximate surface area is 233 Å². The van der Waals surface area contributed by atoms with E-state index >= 15 is 0 Å². The fourth-order valence-electron chi connectivity index (χ4n) is 4.20. The standard InChI is InChI=1S/C29H27BrN4O5/c1-2-38-25-16-21(23(30)17-26(25)39-19-27(35)33-12-14-37-15-13-33)18-31-34-28(20-8-4-3-5-9-20)32-24-11-7-6-10-22(24)29(34)36/h3-11,16-18H,2,12-15,19H2,1H3. The van der Waals surface area contributed by atoms with Crippen LogP contribution >= 0.6 is 15.9 Å². The highest BCUT2D eigenvalue weighted by Crippen LogP contribution is 2.33. The van der Waals surface area contributed by atoms with Crippen LogP contribution in [-0.4, -0.2) is 66.2 Å². The molecular weight excluding hydrogens is 564 g/mol. The topological polar surface area (TPSA) is 95.2 Å². The number of nitrogens with zero attached hydrogens (tertiary/aromatic N) is 4. The molecule has 2 heterocycles. The van der Waals surface area contributed by atoms with Crippen molar-refractivity contribution >= 4 is 39.0 Å². The molecule has 1 aromatic heterocycles. The van der Waals surface area contributed by atoms with E-state index < -0.39 is 0 Å². The van der Waals surface area contributed by atoms with Crippen LogP contribution in [0.2, 0.25) is 0 Å². The summed E-state index contributed by atoms with van der Waals surface area (Å²) in [7, 11) is 0. The molecule has 0 atom stereocenters. The Morgan fingerprint density at radius 1 is 1.05 bits per heavy atom. The van der Waals surface area contributed by atoms with Crippen molar-refractivity contribution in [3.63, 3.8) is 0 Å². The van der Waals surface area contributed by atoms with Gasteiger partial charge in [0.05, 0.1) is 36.9 Å². The molecule has 1 amide bonds. The van der Waals surface area contributed by atoms with Crippen LogP contribution in [0.25, 0.3) is 22.3 Å². The molecule has 0 N–H and O–H groups in total. The van der Waals surface area contributed by atoms with Gasteiger partial charge in [0, 0.05) is 28.7 Å². The summed E-state index contributed by atoms with van der Waals surface area (Å²) in [6.07, 6.45) is 1.57. The molecular formula is C29H27BrN4O5. The summed E-state index contributed by atoms with van der Waals surface area (Å²) in [4.78, 5) is 32.5. The molecule has 0 radical (unpaired) electrons. The van der Waals surface area contributed by atoms with Crippen LogP contribution in [0.3, 0.4) is 0 Å². The summed E-state index contributed by atoms with van der Waals surface area (Å²) in [5, 5.41) is 5.02. The van der Waals surface area contributed by atoms with Gasteiger partial charge in [0.25, 0.3) is 11.5 Å². The van der Waals surface area contributed by atoms with Crippen molar-refractivity contribution < 1.29 is 19.0 Å².